The quantitative estimate of drug-likeness (QED) is 0.791. The lowest BCUT2D eigenvalue weighted by atomic mass is 9.71. The van der Waals surface area contributed by atoms with Gasteiger partial charge in [0.25, 0.3) is 0 Å². The van der Waals surface area contributed by atoms with Gasteiger partial charge in [0.2, 0.25) is 0 Å². The number of allylic oxidation sites excluding steroid dienone is 2. The fourth-order valence-corrected chi connectivity index (χ4v) is 4.04. The lowest BCUT2D eigenvalue weighted by Gasteiger charge is -2.32. The van der Waals surface area contributed by atoms with Crippen LogP contribution in [-0.4, -0.2) is 12.9 Å². The third-order valence-electron chi connectivity index (χ3n) is 4.68. The first-order valence-corrected chi connectivity index (χ1v) is 7.58. The molecule has 0 saturated heterocycles. The van der Waals surface area contributed by atoms with E-state index in [0.29, 0.717) is 22.2 Å². The van der Waals surface area contributed by atoms with Crippen LogP contribution in [0.1, 0.15) is 37.3 Å². The second-order valence-corrected chi connectivity index (χ2v) is 6.33. The molecule has 1 aromatic carbocycles. The Morgan fingerprint density at radius 2 is 2.10 bits per heavy atom. The third-order valence-corrected chi connectivity index (χ3v) is 5.53. The molecule has 0 radical (unpaired) electrons. The molecular weight excluding hydrogens is 295 g/mol. The molecule has 20 heavy (non-hydrogen) atoms. The molecule has 1 unspecified atom stereocenters. The maximum Gasteiger partial charge on any atom is 0.156 e. The van der Waals surface area contributed by atoms with Crippen molar-refractivity contribution >= 4 is 34.6 Å². The highest BCUT2D eigenvalue weighted by molar-refractivity contribution is 6.44. The van der Waals surface area contributed by atoms with Gasteiger partial charge < -0.3 is 4.74 Å². The van der Waals surface area contributed by atoms with E-state index in [1.54, 1.807) is 13.2 Å². The molecule has 4 heteroatoms. The second-order valence-electron chi connectivity index (χ2n) is 5.58. The Kier molecular flexibility index (Phi) is 3.34. The number of hydrogen-bond donors (Lipinski definition) is 0. The zero-order valence-corrected chi connectivity index (χ0v) is 13.1. The molecule has 0 fully saturated rings. The van der Waals surface area contributed by atoms with Crippen LogP contribution in [0.25, 0.3) is 5.57 Å². The van der Waals surface area contributed by atoms with Crippen molar-refractivity contribution in [2.75, 3.05) is 7.11 Å². The van der Waals surface area contributed by atoms with Gasteiger partial charge in [0.15, 0.2) is 5.78 Å². The van der Waals surface area contributed by atoms with Crippen LogP contribution in [0.15, 0.2) is 12.1 Å². The molecule has 0 heterocycles. The van der Waals surface area contributed by atoms with Gasteiger partial charge in [0, 0.05) is 17.4 Å². The van der Waals surface area contributed by atoms with Gasteiger partial charge in [-0.2, -0.15) is 0 Å². The van der Waals surface area contributed by atoms with E-state index in [4.69, 9.17) is 27.9 Å². The van der Waals surface area contributed by atoms with E-state index in [1.165, 1.54) is 0 Å². The molecule has 106 valence electrons. The Hall–Kier alpha value is -0.990. The second kappa shape index (κ2) is 4.78. The normalized spacial score (nSPS) is 24.2. The number of ketones is 1. The Morgan fingerprint density at radius 1 is 1.35 bits per heavy atom. The molecule has 2 aliphatic rings. The number of halogens is 2. The number of carbonyl (C=O) groups is 1. The topological polar surface area (TPSA) is 26.3 Å². The van der Waals surface area contributed by atoms with Crippen molar-refractivity contribution in [2.45, 2.75) is 32.6 Å². The molecular formula is C16H16Cl2O2. The minimum Gasteiger partial charge on any atom is -0.495 e. The fraction of sp³-hybridized carbons (Fsp3) is 0.438. The van der Waals surface area contributed by atoms with Crippen LogP contribution < -0.4 is 4.74 Å². The number of carbonyl (C=O) groups excluding carboxylic acids is 1. The molecule has 0 aromatic heterocycles. The Labute approximate surface area is 128 Å². The van der Waals surface area contributed by atoms with Crippen molar-refractivity contribution in [2.24, 2.45) is 5.41 Å². The molecule has 0 spiro atoms. The number of benzene rings is 1. The molecule has 3 rings (SSSR count). The van der Waals surface area contributed by atoms with E-state index in [1.807, 2.05) is 6.07 Å². The summed E-state index contributed by atoms with van der Waals surface area (Å²) in [4.78, 5) is 11.8. The van der Waals surface area contributed by atoms with Crippen molar-refractivity contribution in [3.8, 4) is 5.75 Å². The number of methoxy groups -OCH3 is 1. The van der Waals surface area contributed by atoms with Gasteiger partial charge in [0.05, 0.1) is 12.1 Å². The van der Waals surface area contributed by atoms with Gasteiger partial charge in [0.1, 0.15) is 10.8 Å². The van der Waals surface area contributed by atoms with Crippen molar-refractivity contribution in [3.63, 3.8) is 0 Å². The van der Waals surface area contributed by atoms with E-state index in [9.17, 15) is 4.79 Å². The number of hydrogen-bond acceptors (Lipinski definition) is 2. The summed E-state index contributed by atoms with van der Waals surface area (Å²) in [6, 6.07) is 1.96. The summed E-state index contributed by atoms with van der Waals surface area (Å²) in [5, 5.41) is 0.941. The van der Waals surface area contributed by atoms with Gasteiger partial charge in [-0.3, -0.25) is 4.79 Å². The highest BCUT2D eigenvalue weighted by Gasteiger charge is 2.44. The van der Waals surface area contributed by atoms with Gasteiger partial charge in [-0.25, -0.2) is 0 Å². The SMILES string of the molecule is CCC12CCC(=O)C=C1c1c(cc(OC)c(Cl)c1Cl)C2. The lowest BCUT2D eigenvalue weighted by molar-refractivity contribution is -0.115. The molecule has 1 aromatic rings. The third kappa shape index (κ3) is 1.82. The van der Waals surface area contributed by atoms with Crippen LogP contribution in [0.2, 0.25) is 10.0 Å². The fourth-order valence-electron chi connectivity index (χ4n) is 3.49. The summed E-state index contributed by atoms with van der Waals surface area (Å²) in [6.45, 7) is 2.17. The summed E-state index contributed by atoms with van der Waals surface area (Å²) >= 11 is 12.7. The minimum atomic E-state index is 0.0373. The van der Waals surface area contributed by atoms with Crippen LogP contribution in [0.5, 0.6) is 5.75 Å². The Balaban J connectivity index is 2.26. The lowest BCUT2D eigenvalue weighted by Crippen LogP contribution is -2.24. The number of fused-ring (bicyclic) bond motifs is 3. The molecule has 2 nitrogen and oxygen atoms in total. The van der Waals surface area contributed by atoms with Crippen molar-refractivity contribution < 1.29 is 9.53 Å². The summed E-state index contributed by atoms with van der Waals surface area (Å²) in [7, 11) is 1.59. The standard InChI is InChI=1S/C16H16Cl2O2/c1-3-16-5-4-10(19)7-11(16)13-9(8-16)6-12(20-2)14(17)15(13)18/h6-7H,3-5,8H2,1-2H3. The van der Waals surface area contributed by atoms with Crippen molar-refractivity contribution in [3.05, 3.63) is 33.3 Å². The van der Waals surface area contributed by atoms with Gasteiger partial charge in [-0.15, -0.1) is 0 Å². The molecule has 0 aliphatic heterocycles. The van der Waals surface area contributed by atoms with Gasteiger partial charge in [-0.05, 0) is 42.5 Å². The van der Waals surface area contributed by atoms with Crippen LogP contribution in [0, 0.1) is 5.41 Å². The van der Waals surface area contributed by atoms with Crippen LogP contribution in [0.3, 0.4) is 0 Å². The van der Waals surface area contributed by atoms with Crippen LogP contribution >= 0.6 is 23.2 Å². The van der Waals surface area contributed by atoms with Gasteiger partial charge in [-0.1, -0.05) is 30.1 Å². The van der Waals surface area contributed by atoms with E-state index in [0.717, 1.165) is 36.0 Å². The monoisotopic (exact) mass is 310 g/mol. The first-order valence-electron chi connectivity index (χ1n) is 6.82. The first-order chi connectivity index (χ1) is 9.52. The summed E-state index contributed by atoms with van der Waals surface area (Å²) in [6.07, 6.45) is 5.18. The maximum atomic E-state index is 11.8. The van der Waals surface area contributed by atoms with E-state index < -0.39 is 0 Å². The average Bonchev–Trinajstić information content (AvgIpc) is 2.77. The molecule has 1 atom stereocenters. The predicted molar refractivity (Wildman–Crippen MR) is 81.7 cm³/mol. The molecule has 0 amide bonds. The zero-order valence-electron chi connectivity index (χ0n) is 11.6. The molecule has 0 saturated carbocycles. The van der Waals surface area contributed by atoms with Crippen molar-refractivity contribution in [1.82, 2.24) is 0 Å². The van der Waals surface area contributed by atoms with Crippen LogP contribution in [-0.2, 0) is 11.2 Å². The number of rotatable bonds is 2. The predicted octanol–water partition coefficient (Wildman–Crippen LogP) is 4.70. The molecule has 2 aliphatic carbocycles. The van der Waals surface area contributed by atoms with E-state index in [-0.39, 0.29) is 11.2 Å². The summed E-state index contributed by atoms with van der Waals surface area (Å²) in [5.74, 6) is 0.784. The first kappa shape index (κ1) is 14.0. The minimum absolute atomic E-state index is 0.0373. The highest BCUT2D eigenvalue weighted by atomic mass is 35.5. The number of ether oxygens (including phenoxy) is 1. The van der Waals surface area contributed by atoms with E-state index >= 15 is 0 Å². The maximum absolute atomic E-state index is 11.8. The molecule has 0 bridgehead atoms. The van der Waals surface area contributed by atoms with Gasteiger partial charge >= 0.3 is 0 Å². The molecule has 0 N–H and O–H groups in total. The zero-order chi connectivity index (χ0) is 14.5. The summed E-state index contributed by atoms with van der Waals surface area (Å²) < 4.78 is 5.29. The smallest absolute Gasteiger partial charge is 0.156 e. The van der Waals surface area contributed by atoms with Crippen molar-refractivity contribution in [1.29, 1.82) is 0 Å². The van der Waals surface area contributed by atoms with E-state index in [2.05, 4.69) is 6.92 Å². The Morgan fingerprint density at radius 3 is 2.75 bits per heavy atom. The largest absolute Gasteiger partial charge is 0.495 e. The Bertz CT molecular complexity index is 634. The van der Waals surface area contributed by atoms with Crippen LogP contribution in [0.4, 0.5) is 0 Å². The summed E-state index contributed by atoms with van der Waals surface area (Å²) in [5.41, 5.74) is 3.20. The highest BCUT2D eigenvalue weighted by Crippen LogP contribution is 2.57. The average molecular weight is 311 g/mol.